The normalized spacial score (nSPS) is 12.8. The van der Waals surface area contributed by atoms with Crippen molar-refractivity contribution in [3.8, 4) is 11.5 Å². The summed E-state index contributed by atoms with van der Waals surface area (Å²) in [6.45, 7) is 7.33. The third-order valence-corrected chi connectivity index (χ3v) is 5.41. The highest BCUT2D eigenvalue weighted by atomic mass is 16.3. The van der Waals surface area contributed by atoms with Crippen LogP contribution >= 0.6 is 0 Å². The highest BCUT2D eigenvalue weighted by Crippen LogP contribution is 2.22. The molecule has 2 aromatic carbocycles. The van der Waals surface area contributed by atoms with E-state index in [4.69, 9.17) is 11.5 Å². The number of amides is 2. The molecule has 8 nitrogen and oxygen atoms in total. The molecule has 168 valence electrons. The van der Waals surface area contributed by atoms with Gasteiger partial charge in [0.2, 0.25) is 11.8 Å². The van der Waals surface area contributed by atoms with Crippen LogP contribution in [0.4, 0.5) is 0 Å². The lowest BCUT2D eigenvalue weighted by atomic mass is 9.96. The summed E-state index contributed by atoms with van der Waals surface area (Å²) in [5, 5.41) is 24.5. The Hall–Kier alpha value is -3.10. The van der Waals surface area contributed by atoms with Gasteiger partial charge in [0.15, 0.2) is 0 Å². The summed E-state index contributed by atoms with van der Waals surface area (Å²) in [7, 11) is 0. The van der Waals surface area contributed by atoms with Crippen LogP contribution in [0.5, 0.6) is 11.5 Å². The van der Waals surface area contributed by atoms with Crippen LogP contribution in [-0.4, -0.2) is 40.8 Å². The van der Waals surface area contributed by atoms with Crippen LogP contribution in [0.25, 0.3) is 0 Å². The van der Waals surface area contributed by atoms with E-state index in [1.165, 1.54) is 0 Å². The van der Waals surface area contributed by atoms with Gasteiger partial charge in [-0.2, -0.15) is 0 Å². The Kier molecular flexibility index (Phi) is 8.01. The van der Waals surface area contributed by atoms with Gasteiger partial charge in [-0.15, -0.1) is 0 Å². The minimum Gasteiger partial charge on any atom is -0.508 e. The number of phenols is 2. The first-order valence-electron chi connectivity index (χ1n) is 10.1. The number of nitrogens with one attached hydrogen (secondary N) is 2. The topological polar surface area (TPSA) is 151 Å². The van der Waals surface area contributed by atoms with Gasteiger partial charge < -0.3 is 32.3 Å². The predicted octanol–water partition coefficient (Wildman–Crippen LogP) is 0.961. The molecule has 2 amide bonds. The fraction of sp³-hybridized carbons (Fsp3) is 0.391. The number of nitrogens with two attached hydrogens (primary N) is 2. The summed E-state index contributed by atoms with van der Waals surface area (Å²) in [6.07, 6.45) is 0.632. The number of rotatable bonds is 8. The van der Waals surface area contributed by atoms with Gasteiger partial charge in [-0.25, -0.2) is 0 Å². The second-order valence-electron chi connectivity index (χ2n) is 8.00. The van der Waals surface area contributed by atoms with Crippen molar-refractivity contribution < 1.29 is 19.8 Å². The SMILES string of the molecule is Cc1cc(O)cc(C)c1CC(N)C(=O)NCNC(=O)C(N)Cc1c(C)cc(O)cc1C. The average molecular weight is 429 g/mol. The van der Waals surface area contributed by atoms with Crippen molar-refractivity contribution in [1.29, 1.82) is 0 Å². The number of hydrogen-bond donors (Lipinski definition) is 6. The van der Waals surface area contributed by atoms with E-state index in [-0.39, 0.29) is 18.2 Å². The van der Waals surface area contributed by atoms with Gasteiger partial charge in [0, 0.05) is 0 Å². The zero-order valence-corrected chi connectivity index (χ0v) is 18.5. The monoisotopic (exact) mass is 428 g/mol. The van der Waals surface area contributed by atoms with Crippen molar-refractivity contribution in [3.63, 3.8) is 0 Å². The molecule has 0 aliphatic carbocycles. The zero-order valence-electron chi connectivity index (χ0n) is 18.5. The minimum atomic E-state index is -0.796. The maximum absolute atomic E-state index is 12.3. The molecule has 2 atom stereocenters. The summed E-state index contributed by atoms with van der Waals surface area (Å²) in [5.41, 5.74) is 17.3. The number of benzene rings is 2. The second kappa shape index (κ2) is 10.3. The smallest absolute Gasteiger partial charge is 0.238 e. The Morgan fingerprint density at radius 3 is 1.32 bits per heavy atom. The fourth-order valence-electron chi connectivity index (χ4n) is 3.69. The number of hydrogen-bond acceptors (Lipinski definition) is 6. The molecule has 2 rings (SSSR count). The van der Waals surface area contributed by atoms with Gasteiger partial charge in [0.1, 0.15) is 11.5 Å². The van der Waals surface area contributed by atoms with Crippen LogP contribution < -0.4 is 22.1 Å². The highest BCUT2D eigenvalue weighted by Gasteiger charge is 2.19. The molecule has 0 saturated carbocycles. The van der Waals surface area contributed by atoms with Crippen molar-refractivity contribution in [2.75, 3.05) is 6.67 Å². The van der Waals surface area contributed by atoms with Crippen LogP contribution in [0.1, 0.15) is 33.4 Å². The van der Waals surface area contributed by atoms with Crippen LogP contribution in [0.15, 0.2) is 24.3 Å². The van der Waals surface area contributed by atoms with E-state index in [1.807, 2.05) is 27.7 Å². The van der Waals surface area contributed by atoms with Gasteiger partial charge in [-0.3, -0.25) is 9.59 Å². The molecule has 0 radical (unpaired) electrons. The van der Waals surface area contributed by atoms with Crippen LogP contribution in [-0.2, 0) is 22.4 Å². The Morgan fingerprint density at radius 1 is 0.742 bits per heavy atom. The zero-order chi connectivity index (χ0) is 23.3. The number of carbonyl (C=O) groups is 2. The molecule has 0 bridgehead atoms. The number of aromatic hydroxyl groups is 2. The summed E-state index contributed by atoms with van der Waals surface area (Å²) in [4.78, 5) is 24.6. The van der Waals surface area contributed by atoms with Gasteiger partial charge in [-0.05, 0) is 98.2 Å². The molecule has 0 aliphatic heterocycles. The summed E-state index contributed by atoms with van der Waals surface area (Å²) in [5.74, 6) is -0.445. The van der Waals surface area contributed by atoms with Crippen molar-refractivity contribution in [3.05, 3.63) is 57.6 Å². The molecular weight excluding hydrogens is 396 g/mol. The number of carbonyl (C=O) groups excluding carboxylic acids is 2. The van der Waals surface area contributed by atoms with Crippen LogP contribution in [0.3, 0.4) is 0 Å². The Balaban J connectivity index is 1.85. The maximum atomic E-state index is 12.3. The van der Waals surface area contributed by atoms with Crippen LogP contribution in [0.2, 0.25) is 0 Å². The molecule has 0 aromatic heterocycles. The third kappa shape index (κ3) is 6.44. The first-order chi connectivity index (χ1) is 14.5. The Bertz CT molecular complexity index is 851. The standard InChI is InChI=1S/C23H32N4O4/c1-12-5-16(28)6-13(2)18(12)9-20(24)22(30)26-11-27-23(31)21(25)10-19-14(3)7-17(29)8-15(19)4/h5-8,20-21,28-29H,9-11,24-25H2,1-4H3,(H,26,30)(H,27,31). The quantitative estimate of drug-likeness (QED) is 0.345. The van der Waals surface area contributed by atoms with Crippen molar-refractivity contribution >= 4 is 11.8 Å². The van der Waals surface area contributed by atoms with E-state index >= 15 is 0 Å². The molecular formula is C23H32N4O4. The van der Waals surface area contributed by atoms with Crippen molar-refractivity contribution in [2.24, 2.45) is 11.5 Å². The first kappa shape index (κ1) is 24.2. The van der Waals surface area contributed by atoms with E-state index in [2.05, 4.69) is 10.6 Å². The Labute approximate surface area is 182 Å². The maximum Gasteiger partial charge on any atom is 0.238 e. The number of phenolic OH excluding ortho intramolecular Hbond substituents is 2. The lowest BCUT2D eigenvalue weighted by molar-refractivity contribution is -0.124. The molecule has 8 heteroatoms. The van der Waals surface area contributed by atoms with Crippen molar-refractivity contribution in [1.82, 2.24) is 10.6 Å². The summed E-state index contributed by atoms with van der Waals surface area (Å²) >= 11 is 0. The van der Waals surface area contributed by atoms with Gasteiger partial charge in [0.05, 0.1) is 18.8 Å². The number of aryl methyl sites for hydroxylation is 4. The van der Waals surface area contributed by atoms with Crippen molar-refractivity contribution in [2.45, 2.75) is 52.6 Å². The van der Waals surface area contributed by atoms with E-state index in [0.29, 0.717) is 12.8 Å². The van der Waals surface area contributed by atoms with E-state index in [0.717, 1.165) is 33.4 Å². The molecule has 2 aromatic rings. The van der Waals surface area contributed by atoms with Gasteiger partial charge in [0.25, 0.3) is 0 Å². The molecule has 0 heterocycles. The molecule has 0 fully saturated rings. The van der Waals surface area contributed by atoms with E-state index in [9.17, 15) is 19.8 Å². The lowest BCUT2D eigenvalue weighted by Crippen LogP contribution is -2.50. The summed E-state index contributed by atoms with van der Waals surface area (Å²) in [6, 6.07) is 4.93. The largest absolute Gasteiger partial charge is 0.508 e. The molecule has 0 spiro atoms. The molecule has 8 N–H and O–H groups in total. The van der Waals surface area contributed by atoms with Crippen LogP contribution in [0, 0.1) is 27.7 Å². The molecule has 0 aliphatic rings. The molecule has 31 heavy (non-hydrogen) atoms. The van der Waals surface area contributed by atoms with E-state index in [1.54, 1.807) is 24.3 Å². The van der Waals surface area contributed by atoms with Gasteiger partial charge >= 0.3 is 0 Å². The second-order valence-corrected chi connectivity index (χ2v) is 8.00. The first-order valence-corrected chi connectivity index (χ1v) is 10.1. The fourth-order valence-corrected chi connectivity index (χ4v) is 3.69. The van der Waals surface area contributed by atoms with E-state index < -0.39 is 23.9 Å². The highest BCUT2D eigenvalue weighted by molar-refractivity contribution is 5.84. The molecule has 2 unspecified atom stereocenters. The van der Waals surface area contributed by atoms with Gasteiger partial charge in [-0.1, -0.05) is 0 Å². The lowest BCUT2D eigenvalue weighted by Gasteiger charge is -2.18. The minimum absolute atomic E-state index is 0.0832. The average Bonchev–Trinajstić information content (AvgIpc) is 2.66. The third-order valence-electron chi connectivity index (χ3n) is 5.41. The molecule has 0 saturated heterocycles. The Morgan fingerprint density at radius 2 is 1.03 bits per heavy atom. The predicted molar refractivity (Wildman–Crippen MR) is 120 cm³/mol. The summed E-state index contributed by atoms with van der Waals surface area (Å²) < 4.78 is 0.